The Morgan fingerprint density at radius 2 is 2.05 bits per heavy atom. The molecular formula is C16H22N2O2. The van der Waals surface area contributed by atoms with Crippen LogP contribution in [-0.4, -0.2) is 18.2 Å². The number of benzene rings is 1. The van der Waals surface area contributed by atoms with Gasteiger partial charge in [-0.25, -0.2) is 4.79 Å². The Balaban J connectivity index is 1.89. The number of rotatable bonds is 1. The average molecular weight is 274 g/mol. The van der Waals surface area contributed by atoms with E-state index < -0.39 is 5.60 Å². The van der Waals surface area contributed by atoms with Gasteiger partial charge in [0.05, 0.1) is 5.69 Å². The number of amides is 1. The lowest BCUT2D eigenvalue weighted by atomic mass is 9.97. The minimum absolute atomic E-state index is 0.157. The first-order chi connectivity index (χ1) is 9.30. The number of anilines is 1. The van der Waals surface area contributed by atoms with Crippen molar-refractivity contribution in [1.29, 1.82) is 0 Å². The molecule has 1 aliphatic carbocycles. The van der Waals surface area contributed by atoms with Crippen LogP contribution in [0.25, 0.3) is 0 Å². The predicted octanol–water partition coefficient (Wildman–Crippen LogP) is 2.93. The molecule has 0 spiro atoms. The molecular weight excluding hydrogens is 252 g/mol. The van der Waals surface area contributed by atoms with Crippen LogP contribution in [0.15, 0.2) is 18.2 Å². The van der Waals surface area contributed by atoms with Crippen molar-refractivity contribution in [2.24, 2.45) is 5.73 Å². The minimum Gasteiger partial charge on any atom is -0.443 e. The van der Waals surface area contributed by atoms with Crippen molar-refractivity contribution in [1.82, 2.24) is 0 Å². The zero-order valence-corrected chi connectivity index (χ0v) is 12.4. The molecule has 1 amide bonds. The molecule has 108 valence electrons. The molecule has 4 nitrogen and oxygen atoms in total. The number of carbonyl (C=O) groups is 1. The van der Waals surface area contributed by atoms with Crippen LogP contribution in [0.5, 0.6) is 0 Å². The lowest BCUT2D eigenvalue weighted by molar-refractivity contribution is 0.0584. The molecule has 2 N–H and O–H groups in total. The van der Waals surface area contributed by atoms with E-state index in [9.17, 15) is 4.79 Å². The van der Waals surface area contributed by atoms with Gasteiger partial charge in [0.25, 0.3) is 0 Å². The van der Waals surface area contributed by atoms with E-state index in [2.05, 4.69) is 6.07 Å². The summed E-state index contributed by atoms with van der Waals surface area (Å²) in [7, 11) is 0. The van der Waals surface area contributed by atoms with Gasteiger partial charge in [0.1, 0.15) is 5.60 Å². The summed E-state index contributed by atoms with van der Waals surface area (Å²) in [5.41, 5.74) is 9.10. The van der Waals surface area contributed by atoms with E-state index in [0.29, 0.717) is 6.54 Å². The van der Waals surface area contributed by atoms with Crippen LogP contribution in [0.2, 0.25) is 0 Å². The van der Waals surface area contributed by atoms with Gasteiger partial charge in [-0.2, -0.15) is 0 Å². The largest absolute Gasteiger partial charge is 0.443 e. The number of hydrogen-bond acceptors (Lipinski definition) is 3. The summed E-state index contributed by atoms with van der Waals surface area (Å²) >= 11 is 0. The van der Waals surface area contributed by atoms with Gasteiger partial charge in [-0.05, 0) is 57.2 Å². The number of hydrogen-bond donors (Lipinski definition) is 1. The lowest BCUT2D eigenvalue weighted by Crippen LogP contribution is -2.35. The van der Waals surface area contributed by atoms with Crippen LogP contribution in [-0.2, 0) is 16.7 Å². The zero-order valence-electron chi connectivity index (χ0n) is 12.4. The van der Waals surface area contributed by atoms with Gasteiger partial charge in [0, 0.05) is 12.1 Å². The third-order valence-corrected chi connectivity index (χ3v) is 3.97. The first kappa shape index (κ1) is 13.4. The van der Waals surface area contributed by atoms with Crippen molar-refractivity contribution in [2.75, 3.05) is 11.4 Å². The number of ether oxygens (including phenoxy) is 1. The number of nitrogens with zero attached hydrogens (tertiary/aromatic N) is 1. The van der Waals surface area contributed by atoms with E-state index in [1.807, 2.05) is 32.9 Å². The van der Waals surface area contributed by atoms with Gasteiger partial charge in [0.2, 0.25) is 0 Å². The van der Waals surface area contributed by atoms with Gasteiger partial charge in [-0.15, -0.1) is 0 Å². The van der Waals surface area contributed by atoms with Crippen molar-refractivity contribution in [3.05, 3.63) is 29.3 Å². The van der Waals surface area contributed by atoms with Crippen molar-refractivity contribution < 1.29 is 9.53 Å². The lowest BCUT2D eigenvalue weighted by Gasteiger charge is -2.25. The summed E-state index contributed by atoms with van der Waals surface area (Å²) in [6.45, 7) is 6.34. The van der Waals surface area contributed by atoms with E-state index in [4.69, 9.17) is 10.5 Å². The summed E-state index contributed by atoms with van der Waals surface area (Å²) in [5.74, 6) is 0. The molecule has 4 heteroatoms. The molecule has 0 saturated heterocycles. The van der Waals surface area contributed by atoms with Gasteiger partial charge in [-0.1, -0.05) is 12.1 Å². The molecule has 1 fully saturated rings. The summed E-state index contributed by atoms with van der Waals surface area (Å²) in [5, 5.41) is 0. The number of nitrogens with two attached hydrogens (primary N) is 1. The maximum absolute atomic E-state index is 12.3. The van der Waals surface area contributed by atoms with Crippen LogP contribution in [0.1, 0.15) is 44.7 Å². The highest BCUT2D eigenvalue weighted by molar-refractivity contribution is 5.91. The third kappa shape index (κ3) is 2.29. The van der Waals surface area contributed by atoms with Crippen molar-refractivity contribution >= 4 is 11.8 Å². The third-order valence-electron chi connectivity index (χ3n) is 3.97. The second-order valence-electron chi connectivity index (χ2n) is 6.84. The standard InChI is InChI=1S/C16H22N2O2/c1-15(2,3)20-14(19)18-10-7-11-12(16(17)8-9-16)5-4-6-13(11)18/h4-6H,7-10,17H2,1-3H3. The summed E-state index contributed by atoms with van der Waals surface area (Å²) in [6.07, 6.45) is 2.67. The highest BCUT2D eigenvalue weighted by Crippen LogP contribution is 2.47. The highest BCUT2D eigenvalue weighted by Gasteiger charge is 2.43. The second kappa shape index (κ2) is 4.22. The van der Waals surface area contributed by atoms with Crippen LogP contribution in [0.3, 0.4) is 0 Å². The van der Waals surface area contributed by atoms with Crippen LogP contribution in [0, 0.1) is 0 Å². The molecule has 0 radical (unpaired) electrons. The Bertz CT molecular complexity index is 556. The first-order valence-corrected chi connectivity index (χ1v) is 7.22. The molecule has 1 heterocycles. The molecule has 0 aromatic heterocycles. The normalized spacial score (nSPS) is 19.7. The zero-order chi connectivity index (χ0) is 14.5. The SMILES string of the molecule is CC(C)(C)OC(=O)N1CCc2c1cccc2C1(N)CC1. The maximum atomic E-state index is 12.3. The Morgan fingerprint density at radius 1 is 1.35 bits per heavy atom. The molecule has 20 heavy (non-hydrogen) atoms. The van der Waals surface area contributed by atoms with E-state index in [-0.39, 0.29) is 11.6 Å². The molecule has 2 aliphatic rings. The fraction of sp³-hybridized carbons (Fsp3) is 0.562. The molecule has 0 bridgehead atoms. The first-order valence-electron chi connectivity index (χ1n) is 7.22. The maximum Gasteiger partial charge on any atom is 0.414 e. The summed E-state index contributed by atoms with van der Waals surface area (Å²) in [6, 6.07) is 6.08. The Morgan fingerprint density at radius 3 is 2.65 bits per heavy atom. The topological polar surface area (TPSA) is 55.6 Å². The molecule has 1 saturated carbocycles. The monoisotopic (exact) mass is 274 g/mol. The highest BCUT2D eigenvalue weighted by atomic mass is 16.6. The Labute approximate surface area is 119 Å². The molecule has 1 aromatic rings. The summed E-state index contributed by atoms with van der Waals surface area (Å²) < 4.78 is 5.48. The average Bonchev–Trinajstić information content (AvgIpc) is 2.94. The second-order valence-corrected chi connectivity index (χ2v) is 6.84. The van der Waals surface area contributed by atoms with Crippen LogP contribution >= 0.6 is 0 Å². The fourth-order valence-electron chi connectivity index (χ4n) is 2.81. The van der Waals surface area contributed by atoms with Crippen LogP contribution in [0.4, 0.5) is 10.5 Å². The molecule has 1 aromatic carbocycles. The van der Waals surface area contributed by atoms with Gasteiger partial charge in [-0.3, -0.25) is 4.90 Å². The molecule has 0 unspecified atom stereocenters. The molecule has 0 atom stereocenters. The van der Waals surface area contributed by atoms with E-state index in [1.54, 1.807) is 4.90 Å². The van der Waals surface area contributed by atoms with E-state index in [0.717, 1.165) is 24.9 Å². The van der Waals surface area contributed by atoms with E-state index >= 15 is 0 Å². The van der Waals surface area contributed by atoms with Gasteiger partial charge in [0.15, 0.2) is 0 Å². The number of fused-ring (bicyclic) bond motifs is 1. The van der Waals surface area contributed by atoms with Crippen molar-refractivity contribution in [3.8, 4) is 0 Å². The smallest absolute Gasteiger partial charge is 0.414 e. The molecule has 3 rings (SSSR count). The fourth-order valence-corrected chi connectivity index (χ4v) is 2.81. The Hall–Kier alpha value is -1.55. The number of carbonyl (C=O) groups excluding carboxylic acids is 1. The Kier molecular flexibility index (Phi) is 2.83. The quantitative estimate of drug-likeness (QED) is 0.856. The van der Waals surface area contributed by atoms with Crippen LogP contribution < -0.4 is 10.6 Å². The minimum atomic E-state index is -0.469. The van der Waals surface area contributed by atoms with Gasteiger partial charge >= 0.3 is 6.09 Å². The molecule has 1 aliphatic heterocycles. The summed E-state index contributed by atoms with van der Waals surface area (Å²) in [4.78, 5) is 14.0. The van der Waals surface area contributed by atoms with Crippen molar-refractivity contribution in [2.45, 2.75) is 51.2 Å². The van der Waals surface area contributed by atoms with Gasteiger partial charge < -0.3 is 10.5 Å². The predicted molar refractivity (Wildman–Crippen MR) is 78.8 cm³/mol. The van der Waals surface area contributed by atoms with Crippen molar-refractivity contribution in [3.63, 3.8) is 0 Å². The van der Waals surface area contributed by atoms with E-state index in [1.165, 1.54) is 11.1 Å².